The van der Waals surface area contributed by atoms with E-state index >= 15 is 0 Å². The number of hydrogen-bond donors (Lipinski definition) is 2. The first-order chi connectivity index (χ1) is 9.42. The molecular formula is C17H25NO2. The van der Waals surface area contributed by atoms with Crippen LogP contribution in [0, 0.1) is 5.92 Å². The minimum absolute atomic E-state index is 0.0244. The molecular weight excluding hydrogens is 250 g/mol. The molecule has 1 aromatic rings. The van der Waals surface area contributed by atoms with E-state index < -0.39 is 5.60 Å². The summed E-state index contributed by atoms with van der Waals surface area (Å²) in [5, 5.41) is 12.8. The van der Waals surface area contributed by atoms with Crippen LogP contribution in [0.4, 0.5) is 0 Å². The fourth-order valence-corrected chi connectivity index (χ4v) is 1.57. The molecule has 0 heterocycles. The molecule has 110 valence electrons. The van der Waals surface area contributed by atoms with Gasteiger partial charge in [0.25, 0.3) is 0 Å². The van der Waals surface area contributed by atoms with E-state index in [4.69, 9.17) is 0 Å². The molecule has 0 saturated heterocycles. The van der Waals surface area contributed by atoms with Gasteiger partial charge in [-0.05, 0) is 24.8 Å². The second kappa shape index (κ2) is 7.85. The summed E-state index contributed by atoms with van der Waals surface area (Å²) in [6, 6.07) is 10.00. The molecule has 0 fully saturated rings. The van der Waals surface area contributed by atoms with Crippen LogP contribution in [0.1, 0.15) is 39.2 Å². The zero-order valence-electron chi connectivity index (χ0n) is 12.6. The molecule has 1 rings (SSSR count). The Balaban J connectivity index is 2.26. The molecule has 3 heteroatoms. The molecule has 3 nitrogen and oxygen atoms in total. The Kier molecular flexibility index (Phi) is 6.46. The van der Waals surface area contributed by atoms with Crippen LogP contribution in [-0.4, -0.2) is 23.2 Å². The predicted octanol–water partition coefficient (Wildman–Crippen LogP) is 3.00. The number of benzene rings is 1. The lowest BCUT2D eigenvalue weighted by Crippen LogP contribution is -2.44. The number of hydrogen-bond acceptors (Lipinski definition) is 2. The maximum atomic E-state index is 11.7. The summed E-state index contributed by atoms with van der Waals surface area (Å²) >= 11 is 0. The maximum absolute atomic E-state index is 11.7. The van der Waals surface area contributed by atoms with Crippen molar-refractivity contribution < 1.29 is 9.90 Å². The van der Waals surface area contributed by atoms with Gasteiger partial charge in [0, 0.05) is 13.0 Å². The van der Waals surface area contributed by atoms with E-state index in [1.807, 2.05) is 56.3 Å². The first kappa shape index (κ1) is 16.4. The molecule has 0 bridgehead atoms. The highest BCUT2D eigenvalue weighted by atomic mass is 16.3. The van der Waals surface area contributed by atoms with Crippen molar-refractivity contribution in [3.05, 3.63) is 42.0 Å². The summed E-state index contributed by atoms with van der Waals surface area (Å²) < 4.78 is 0. The Morgan fingerprint density at radius 2 is 2.00 bits per heavy atom. The fourth-order valence-electron chi connectivity index (χ4n) is 1.57. The predicted molar refractivity (Wildman–Crippen MR) is 83.2 cm³/mol. The van der Waals surface area contributed by atoms with Crippen molar-refractivity contribution in [3.8, 4) is 0 Å². The van der Waals surface area contributed by atoms with E-state index in [9.17, 15) is 9.90 Å². The normalized spacial score (nSPS) is 14.4. The first-order valence-electron chi connectivity index (χ1n) is 7.12. The summed E-state index contributed by atoms with van der Waals surface area (Å²) in [6.45, 7) is 5.92. The van der Waals surface area contributed by atoms with Crippen molar-refractivity contribution in [1.29, 1.82) is 0 Å². The van der Waals surface area contributed by atoms with Crippen molar-refractivity contribution in [2.75, 3.05) is 6.54 Å². The van der Waals surface area contributed by atoms with E-state index in [-0.39, 0.29) is 11.8 Å². The Morgan fingerprint density at radius 1 is 1.35 bits per heavy atom. The van der Waals surface area contributed by atoms with Gasteiger partial charge in [0.15, 0.2) is 0 Å². The van der Waals surface area contributed by atoms with Gasteiger partial charge < -0.3 is 10.4 Å². The van der Waals surface area contributed by atoms with E-state index in [2.05, 4.69) is 5.32 Å². The minimum atomic E-state index is -0.852. The van der Waals surface area contributed by atoms with Crippen LogP contribution in [0.2, 0.25) is 0 Å². The molecule has 0 aliphatic rings. The van der Waals surface area contributed by atoms with Gasteiger partial charge in [-0.1, -0.05) is 56.3 Å². The second-order valence-corrected chi connectivity index (χ2v) is 5.64. The van der Waals surface area contributed by atoms with Gasteiger partial charge >= 0.3 is 0 Å². The highest BCUT2D eigenvalue weighted by Gasteiger charge is 2.24. The van der Waals surface area contributed by atoms with Crippen LogP contribution in [-0.2, 0) is 4.79 Å². The van der Waals surface area contributed by atoms with Crippen LogP contribution < -0.4 is 5.32 Å². The van der Waals surface area contributed by atoms with E-state index in [1.165, 1.54) is 0 Å². The lowest BCUT2D eigenvalue weighted by atomic mass is 9.92. The SMILES string of the molecule is CC(C)C(C)(O)CNC(=O)CCC=Cc1ccccc1. The number of amides is 1. The molecule has 20 heavy (non-hydrogen) atoms. The standard InChI is InChI=1S/C17H25NO2/c1-14(2)17(3,20)13-18-16(19)12-8-7-11-15-9-5-4-6-10-15/h4-7,9-11,14,20H,8,12-13H2,1-3H3,(H,18,19). The molecule has 0 aliphatic carbocycles. The number of allylic oxidation sites excluding steroid dienone is 1. The maximum Gasteiger partial charge on any atom is 0.220 e. The monoisotopic (exact) mass is 275 g/mol. The lowest BCUT2D eigenvalue weighted by Gasteiger charge is -2.27. The van der Waals surface area contributed by atoms with Gasteiger partial charge in [-0.25, -0.2) is 0 Å². The highest BCUT2D eigenvalue weighted by molar-refractivity contribution is 5.76. The van der Waals surface area contributed by atoms with Crippen LogP contribution in [0.15, 0.2) is 36.4 Å². The zero-order valence-corrected chi connectivity index (χ0v) is 12.6. The third-order valence-corrected chi connectivity index (χ3v) is 3.54. The fraction of sp³-hybridized carbons (Fsp3) is 0.471. The van der Waals surface area contributed by atoms with E-state index in [1.54, 1.807) is 6.92 Å². The molecule has 1 amide bonds. The van der Waals surface area contributed by atoms with E-state index in [0.717, 1.165) is 5.56 Å². The number of aliphatic hydroxyl groups is 1. The third-order valence-electron chi connectivity index (χ3n) is 3.54. The van der Waals surface area contributed by atoms with Crippen molar-refractivity contribution in [1.82, 2.24) is 5.32 Å². The smallest absolute Gasteiger partial charge is 0.220 e. The minimum Gasteiger partial charge on any atom is -0.388 e. The summed E-state index contributed by atoms with van der Waals surface area (Å²) in [4.78, 5) is 11.7. The summed E-state index contributed by atoms with van der Waals surface area (Å²) in [6.07, 6.45) is 5.15. The number of carbonyl (C=O) groups excluding carboxylic acids is 1. The van der Waals surface area contributed by atoms with Crippen molar-refractivity contribution in [3.63, 3.8) is 0 Å². The largest absolute Gasteiger partial charge is 0.388 e. The van der Waals surface area contributed by atoms with Crippen molar-refractivity contribution >= 4 is 12.0 Å². The summed E-state index contributed by atoms with van der Waals surface area (Å²) in [5.41, 5.74) is 0.283. The second-order valence-electron chi connectivity index (χ2n) is 5.64. The Labute approximate surface area is 121 Å². The first-order valence-corrected chi connectivity index (χ1v) is 7.12. The number of rotatable bonds is 7. The lowest BCUT2D eigenvalue weighted by molar-refractivity contribution is -0.122. The summed E-state index contributed by atoms with van der Waals surface area (Å²) in [5.74, 6) is 0.0874. The average molecular weight is 275 g/mol. The Bertz CT molecular complexity index is 436. The Hall–Kier alpha value is -1.61. The van der Waals surface area contributed by atoms with Crippen LogP contribution in [0.25, 0.3) is 6.08 Å². The average Bonchev–Trinajstić information content (AvgIpc) is 2.42. The summed E-state index contributed by atoms with van der Waals surface area (Å²) in [7, 11) is 0. The molecule has 2 N–H and O–H groups in total. The highest BCUT2D eigenvalue weighted by Crippen LogP contribution is 2.14. The molecule has 0 saturated carbocycles. The van der Waals surface area contributed by atoms with E-state index in [0.29, 0.717) is 19.4 Å². The third kappa shape index (κ3) is 6.02. The quantitative estimate of drug-likeness (QED) is 0.803. The molecule has 0 aliphatic heterocycles. The van der Waals surface area contributed by atoms with Crippen LogP contribution in [0.3, 0.4) is 0 Å². The van der Waals surface area contributed by atoms with Gasteiger partial charge in [0.2, 0.25) is 5.91 Å². The zero-order chi connectivity index (χ0) is 15.0. The van der Waals surface area contributed by atoms with Crippen LogP contribution >= 0.6 is 0 Å². The molecule has 1 atom stereocenters. The molecule has 0 radical (unpaired) electrons. The number of carbonyl (C=O) groups is 1. The molecule has 0 spiro atoms. The molecule has 1 aromatic carbocycles. The van der Waals surface area contributed by atoms with Gasteiger partial charge in [-0.2, -0.15) is 0 Å². The molecule has 0 aromatic heterocycles. The van der Waals surface area contributed by atoms with Gasteiger partial charge in [-0.15, -0.1) is 0 Å². The van der Waals surface area contributed by atoms with Gasteiger partial charge in [0.05, 0.1) is 5.60 Å². The topological polar surface area (TPSA) is 49.3 Å². The van der Waals surface area contributed by atoms with Crippen molar-refractivity contribution in [2.24, 2.45) is 5.92 Å². The molecule has 1 unspecified atom stereocenters. The van der Waals surface area contributed by atoms with Gasteiger partial charge in [-0.3, -0.25) is 4.79 Å². The van der Waals surface area contributed by atoms with Gasteiger partial charge in [0.1, 0.15) is 0 Å². The number of nitrogens with one attached hydrogen (secondary N) is 1. The van der Waals surface area contributed by atoms with Crippen LogP contribution in [0.5, 0.6) is 0 Å². The Morgan fingerprint density at radius 3 is 2.60 bits per heavy atom. The van der Waals surface area contributed by atoms with Crippen molar-refractivity contribution in [2.45, 2.75) is 39.2 Å².